The van der Waals surface area contributed by atoms with Gasteiger partial charge in [-0.3, -0.25) is 4.79 Å². The van der Waals surface area contributed by atoms with Crippen LogP contribution < -0.4 is 15.4 Å². The van der Waals surface area contributed by atoms with Crippen LogP contribution in [0, 0.1) is 11.8 Å². The lowest BCUT2D eigenvalue weighted by atomic mass is 9.97. The summed E-state index contributed by atoms with van der Waals surface area (Å²) in [5, 5.41) is 4.35. The fourth-order valence-electron chi connectivity index (χ4n) is 3.69. The summed E-state index contributed by atoms with van der Waals surface area (Å²) in [5.41, 5.74) is 5.96. The number of carbonyl (C=O) groups excluding carboxylic acids is 1. The van der Waals surface area contributed by atoms with Crippen molar-refractivity contribution in [2.24, 2.45) is 17.6 Å². The summed E-state index contributed by atoms with van der Waals surface area (Å²) < 4.78 is 7.38. The van der Waals surface area contributed by atoms with Crippen LogP contribution in [0.4, 0.5) is 5.82 Å². The minimum atomic E-state index is -0.471. The molecule has 146 valence electrons. The lowest BCUT2D eigenvalue weighted by molar-refractivity contribution is 0.100. The van der Waals surface area contributed by atoms with E-state index in [1.807, 2.05) is 0 Å². The number of nitrogens with zero attached hydrogens (tertiary/aromatic N) is 4. The van der Waals surface area contributed by atoms with Gasteiger partial charge in [0.1, 0.15) is 5.82 Å². The lowest BCUT2D eigenvalue weighted by Crippen LogP contribution is -2.40. The maximum Gasteiger partial charge on any atom is 0.252 e. The molecule has 2 aromatic rings. The number of anilines is 1. The molecule has 0 spiro atoms. The van der Waals surface area contributed by atoms with Gasteiger partial charge in [0.2, 0.25) is 0 Å². The third kappa shape index (κ3) is 4.07. The number of hydrogen-bond acceptors (Lipinski definition) is 5. The van der Waals surface area contributed by atoms with Gasteiger partial charge >= 0.3 is 0 Å². The molecule has 27 heavy (non-hydrogen) atoms. The van der Waals surface area contributed by atoms with E-state index in [1.165, 1.54) is 0 Å². The first-order chi connectivity index (χ1) is 12.7. The maximum atomic E-state index is 12.0. The van der Waals surface area contributed by atoms with E-state index in [2.05, 4.69) is 44.6 Å². The molecule has 2 N–H and O–H groups in total. The second-order valence-corrected chi connectivity index (χ2v) is 8.46. The highest BCUT2D eigenvalue weighted by Crippen LogP contribution is 2.37. The predicted octanol–water partition coefficient (Wildman–Crippen LogP) is 3.03. The summed E-state index contributed by atoms with van der Waals surface area (Å²) in [6, 6.07) is 3.49. The number of nitrogens with two attached hydrogens (primary N) is 1. The lowest BCUT2D eigenvalue weighted by Gasteiger charge is -2.33. The molecule has 0 bridgehead atoms. The van der Waals surface area contributed by atoms with Crippen molar-refractivity contribution in [1.29, 1.82) is 0 Å². The van der Waals surface area contributed by atoms with Crippen molar-refractivity contribution in [1.82, 2.24) is 14.8 Å². The number of amides is 1. The van der Waals surface area contributed by atoms with Gasteiger partial charge in [-0.05, 0) is 44.2 Å². The topological polar surface area (TPSA) is 86.3 Å². The Morgan fingerprint density at radius 3 is 2.74 bits per heavy atom. The van der Waals surface area contributed by atoms with E-state index in [-0.39, 0.29) is 5.54 Å². The van der Waals surface area contributed by atoms with E-state index < -0.39 is 5.91 Å². The third-order valence-corrected chi connectivity index (χ3v) is 4.83. The van der Waals surface area contributed by atoms with Crippen LogP contribution in [-0.2, 0) is 0 Å². The first-order valence-electron chi connectivity index (χ1n) is 9.43. The van der Waals surface area contributed by atoms with Crippen molar-refractivity contribution in [3.05, 3.63) is 30.1 Å². The number of carbonyl (C=O) groups is 1. The zero-order valence-corrected chi connectivity index (χ0v) is 16.8. The number of hydrogen-bond donors (Lipinski definition) is 1. The second kappa shape index (κ2) is 7.21. The minimum Gasteiger partial charge on any atom is -0.490 e. The van der Waals surface area contributed by atoms with Crippen molar-refractivity contribution < 1.29 is 9.53 Å². The van der Waals surface area contributed by atoms with Crippen molar-refractivity contribution in [3.8, 4) is 11.6 Å². The molecule has 0 aromatic carbocycles. The molecule has 2 aromatic heterocycles. The van der Waals surface area contributed by atoms with Crippen molar-refractivity contribution in [3.63, 3.8) is 0 Å². The van der Waals surface area contributed by atoms with Gasteiger partial charge in [-0.2, -0.15) is 5.10 Å². The van der Waals surface area contributed by atoms with Crippen LogP contribution in [0.25, 0.3) is 5.82 Å². The Morgan fingerprint density at radius 1 is 1.41 bits per heavy atom. The Bertz CT molecular complexity index is 828. The van der Waals surface area contributed by atoms with Crippen LogP contribution in [0.5, 0.6) is 5.75 Å². The van der Waals surface area contributed by atoms with E-state index in [4.69, 9.17) is 15.5 Å². The molecule has 3 rings (SSSR count). The maximum absolute atomic E-state index is 12.0. The zero-order valence-electron chi connectivity index (χ0n) is 16.8. The van der Waals surface area contributed by atoms with Gasteiger partial charge in [0.15, 0.2) is 11.6 Å². The van der Waals surface area contributed by atoms with Gasteiger partial charge in [-0.25, -0.2) is 9.67 Å². The molecule has 0 unspecified atom stereocenters. The Kier molecular flexibility index (Phi) is 5.13. The molecular weight excluding hydrogens is 342 g/mol. The van der Waals surface area contributed by atoms with E-state index in [9.17, 15) is 4.79 Å². The van der Waals surface area contributed by atoms with E-state index in [0.717, 1.165) is 13.0 Å². The second-order valence-electron chi connectivity index (χ2n) is 8.46. The van der Waals surface area contributed by atoms with Crippen LogP contribution >= 0.6 is 0 Å². The average Bonchev–Trinajstić information content (AvgIpc) is 3.15. The van der Waals surface area contributed by atoms with Crippen LogP contribution in [0.1, 0.15) is 51.4 Å². The molecule has 0 radical (unpaired) electrons. The normalized spacial score (nSPS) is 18.9. The number of primary amides is 1. The van der Waals surface area contributed by atoms with Crippen molar-refractivity contribution >= 4 is 11.7 Å². The Balaban J connectivity index is 1.96. The summed E-state index contributed by atoms with van der Waals surface area (Å²) in [6.45, 7) is 12.2. The number of ether oxygens (including phenoxy) is 1. The largest absolute Gasteiger partial charge is 0.490 e. The summed E-state index contributed by atoms with van der Waals surface area (Å²) >= 11 is 0. The Hall–Kier alpha value is -2.57. The summed E-state index contributed by atoms with van der Waals surface area (Å²) in [6.07, 6.45) is 4.51. The molecular formula is C20H29N5O2. The summed E-state index contributed by atoms with van der Waals surface area (Å²) in [4.78, 5) is 18.9. The molecule has 0 aliphatic carbocycles. The Labute approximate surface area is 160 Å². The number of aromatic nitrogens is 3. The molecule has 3 heterocycles. The number of pyridine rings is 1. The molecule has 1 aliphatic rings. The van der Waals surface area contributed by atoms with Crippen molar-refractivity contribution in [2.45, 2.75) is 46.6 Å². The highest BCUT2D eigenvalue weighted by molar-refractivity contribution is 5.98. The average molecular weight is 371 g/mol. The van der Waals surface area contributed by atoms with Gasteiger partial charge in [0, 0.05) is 12.1 Å². The van der Waals surface area contributed by atoms with E-state index in [1.54, 1.807) is 29.2 Å². The monoisotopic (exact) mass is 371 g/mol. The molecule has 1 saturated heterocycles. The molecule has 1 atom stereocenters. The third-order valence-electron chi connectivity index (χ3n) is 4.83. The quantitative estimate of drug-likeness (QED) is 0.843. The molecule has 0 saturated carbocycles. The zero-order chi connectivity index (χ0) is 19.8. The predicted molar refractivity (Wildman–Crippen MR) is 105 cm³/mol. The summed E-state index contributed by atoms with van der Waals surface area (Å²) in [5.74, 6) is 2.43. The van der Waals surface area contributed by atoms with Crippen LogP contribution in [0.2, 0.25) is 0 Å². The molecule has 1 fully saturated rings. The highest BCUT2D eigenvalue weighted by Gasteiger charge is 2.38. The van der Waals surface area contributed by atoms with Crippen LogP contribution in [0.3, 0.4) is 0 Å². The first-order valence-corrected chi connectivity index (χ1v) is 9.43. The van der Waals surface area contributed by atoms with Crippen molar-refractivity contribution in [2.75, 3.05) is 18.1 Å². The SMILES string of the molecule is CC(C)COc1cnn(-c2ccc(C(N)=O)c(N3C[C@@H](C)CC3(C)C)n2)c1. The van der Waals surface area contributed by atoms with Gasteiger partial charge < -0.3 is 15.4 Å². The number of rotatable bonds is 6. The molecule has 1 amide bonds. The van der Waals surface area contributed by atoms with Gasteiger partial charge in [-0.15, -0.1) is 0 Å². The van der Waals surface area contributed by atoms with E-state index in [0.29, 0.717) is 41.4 Å². The smallest absolute Gasteiger partial charge is 0.252 e. The summed E-state index contributed by atoms with van der Waals surface area (Å²) in [7, 11) is 0. The molecule has 7 nitrogen and oxygen atoms in total. The minimum absolute atomic E-state index is 0.0924. The van der Waals surface area contributed by atoms with Crippen LogP contribution in [0.15, 0.2) is 24.5 Å². The Morgan fingerprint density at radius 2 is 2.15 bits per heavy atom. The fourth-order valence-corrected chi connectivity index (χ4v) is 3.69. The standard InChI is InChI=1S/C20H29N5O2/c1-13(2)12-27-15-9-22-25(11-15)17-7-6-16(18(21)26)19(23-17)24-10-14(3)8-20(24,4)5/h6-7,9,11,13-14H,8,10,12H2,1-5H3,(H2,21,26)/t14-/m0/s1. The van der Waals surface area contributed by atoms with Gasteiger partial charge in [0.25, 0.3) is 5.91 Å². The molecule has 1 aliphatic heterocycles. The fraction of sp³-hybridized carbons (Fsp3) is 0.550. The highest BCUT2D eigenvalue weighted by atomic mass is 16.5. The molecule has 7 heteroatoms. The first kappa shape index (κ1) is 19.2. The van der Waals surface area contributed by atoms with E-state index >= 15 is 0 Å². The van der Waals surface area contributed by atoms with Crippen LogP contribution in [-0.4, -0.2) is 39.4 Å². The van der Waals surface area contributed by atoms with Gasteiger partial charge in [-0.1, -0.05) is 20.8 Å². The van der Waals surface area contributed by atoms with Gasteiger partial charge in [0.05, 0.1) is 24.6 Å².